The topological polar surface area (TPSA) is 113 Å². The normalized spacial score (nSPS) is 18.3. The summed E-state index contributed by atoms with van der Waals surface area (Å²) in [6.07, 6.45) is 2.70. The minimum atomic E-state index is -0.824. The Morgan fingerprint density at radius 1 is 1.21 bits per heavy atom. The number of nitrogens with one attached hydrogen (secondary N) is 1. The summed E-state index contributed by atoms with van der Waals surface area (Å²) in [5.74, 6) is 0.875. The molecule has 3 N–H and O–H groups in total. The van der Waals surface area contributed by atoms with Crippen molar-refractivity contribution in [1.29, 1.82) is 0 Å². The maximum atomic E-state index is 5.86. The van der Waals surface area contributed by atoms with Crippen LogP contribution in [-0.4, -0.2) is 52.7 Å². The van der Waals surface area contributed by atoms with Gasteiger partial charge in [0.15, 0.2) is 0 Å². The van der Waals surface area contributed by atoms with E-state index in [1.165, 1.54) is 0 Å². The predicted molar refractivity (Wildman–Crippen MR) is 118 cm³/mol. The molecule has 2 heterocycles. The largest absolute Gasteiger partial charge is 0.369 e. The number of nitrogens with zero attached hydrogens (tertiary/aromatic N) is 6. The minimum Gasteiger partial charge on any atom is -0.369 e. The Hall–Kier alpha value is -3.23. The van der Waals surface area contributed by atoms with Crippen molar-refractivity contribution in [1.82, 2.24) is 15.2 Å². The Balaban J connectivity index is 2.15. The highest BCUT2D eigenvalue weighted by molar-refractivity contribution is 6.01. The highest BCUT2D eigenvalue weighted by Gasteiger charge is 2.19. The first kappa shape index (κ1) is 22.1. The number of nitrogens with two attached hydrogens (primary N) is 1. The number of guanidine groups is 2. The molecule has 29 heavy (non-hydrogen) atoms. The summed E-state index contributed by atoms with van der Waals surface area (Å²) in [6.45, 7) is 13.4. The van der Waals surface area contributed by atoms with E-state index in [2.05, 4.69) is 30.4 Å². The summed E-state index contributed by atoms with van der Waals surface area (Å²) in [7, 11) is 0. The fourth-order valence-corrected chi connectivity index (χ4v) is 2.60. The summed E-state index contributed by atoms with van der Waals surface area (Å²) >= 11 is 0. The van der Waals surface area contributed by atoms with Gasteiger partial charge in [0, 0.05) is 42.5 Å². The average molecular weight is 399 g/mol. The fourth-order valence-electron chi connectivity index (χ4n) is 2.60. The second-order valence-corrected chi connectivity index (χ2v) is 6.52. The van der Waals surface area contributed by atoms with E-state index < -0.39 is 6.35 Å². The van der Waals surface area contributed by atoms with Crippen LogP contribution in [0, 0.1) is 0 Å². The first-order valence-corrected chi connectivity index (χ1v) is 9.62. The van der Waals surface area contributed by atoms with Crippen LogP contribution in [0.25, 0.3) is 0 Å². The maximum absolute atomic E-state index is 5.86. The molecular weight excluding hydrogens is 368 g/mol. The molecule has 9 heteroatoms. The monoisotopic (exact) mass is 398 g/mol. The van der Waals surface area contributed by atoms with E-state index in [1.54, 1.807) is 12.4 Å². The molecule has 0 spiro atoms. The second kappa shape index (κ2) is 10.4. The van der Waals surface area contributed by atoms with Crippen LogP contribution in [0.2, 0.25) is 0 Å². The minimum absolute atomic E-state index is 0.250. The zero-order valence-electron chi connectivity index (χ0n) is 18.0. The van der Waals surface area contributed by atoms with Gasteiger partial charge in [0.25, 0.3) is 0 Å². The third-order valence-electron chi connectivity index (χ3n) is 4.57. The van der Waals surface area contributed by atoms with E-state index in [-0.39, 0.29) is 5.96 Å². The number of oxime groups is 1. The summed E-state index contributed by atoms with van der Waals surface area (Å²) in [5.41, 5.74) is 10.2. The van der Waals surface area contributed by atoms with Crippen molar-refractivity contribution in [2.24, 2.45) is 25.9 Å². The molecule has 0 bridgehead atoms. The quantitative estimate of drug-likeness (QED) is 0.541. The summed E-state index contributed by atoms with van der Waals surface area (Å²) in [4.78, 5) is 24.9. The van der Waals surface area contributed by atoms with E-state index in [1.807, 2.05) is 58.6 Å². The van der Waals surface area contributed by atoms with Gasteiger partial charge in [0.05, 0.1) is 5.71 Å². The zero-order valence-corrected chi connectivity index (χ0v) is 18.0. The molecule has 1 aliphatic heterocycles. The molecule has 1 atom stereocenters. The van der Waals surface area contributed by atoms with Crippen molar-refractivity contribution >= 4 is 23.3 Å². The van der Waals surface area contributed by atoms with Crippen LogP contribution >= 0.6 is 0 Å². The summed E-state index contributed by atoms with van der Waals surface area (Å²) < 4.78 is 0. The highest BCUT2D eigenvalue weighted by atomic mass is 16.7. The lowest BCUT2D eigenvalue weighted by molar-refractivity contribution is 0.0693. The summed E-state index contributed by atoms with van der Waals surface area (Å²) in [5, 5.41) is 7.15. The van der Waals surface area contributed by atoms with Crippen molar-refractivity contribution in [3.63, 3.8) is 0 Å². The highest BCUT2D eigenvalue weighted by Crippen LogP contribution is 2.12. The Bertz CT molecular complexity index is 850. The SMILES string of the molecule is CCN(CC)C1=NC(O/N=C(C)/C(C)=C(\C)N=C(C)c2cccnc2)N=C(N)N1. The van der Waals surface area contributed by atoms with Gasteiger partial charge in [-0.1, -0.05) is 11.2 Å². The van der Waals surface area contributed by atoms with Crippen LogP contribution in [0.4, 0.5) is 0 Å². The van der Waals surface area contributed by atoms with Gasteiger partial charge >= 0.3 is 6.35 Å². The van der Waals surface area contributed by atoms with Crippen molar-refractivity contribution in [3.05, 3.63) is 41.4 Å². The Morgan fingerprint density at radius 2 is 1.93 bits per heavy atom. The number of aliphatic imine (C=N–C) groups is 3. The van der Waals surface area contributed by atoms with Crippen LogP contribution in [0.15, 0.2) is 55.9 Å². The van der Waals surface area contributed by atoms with Crippen molar-refractivity contribution in [3.8, 4) is 0 Å². The molecule has 156 valence electrons. The van der Waals surface area contributed by atoms with Crippen molar-refractivity contribution in [2.45, 2.75) is 47.9 Å². The smallest absolute Gasteiger partial charge is 0.318 e. The van der Waals surface area contributed by atoms with E-state index in [9.17, 15) is 0 Å². The molecule has 1 unspecified atom stereocenters. The molecule has 0 amide bonds. The molecule has 2 rings (SSSR count). The average Bonchev–Trinajstić information content (AvgIpc) is 2.72. The fraction of sp³-hybridized carbons (Fsp3) is 0.450. The zero-order chi connectivity index (χ0) is 21.4. The van der Waals surface area contributed by atoms with Crippen LogP contribution in [0.1, 0.15) is 47.1 Å². The van der Waals surface area contributed by atoms with E-state index in [4.69, 9.17) is 10.6 Å². The van der Waals surface area contributed by atoms with Gasteiger partial charge in [0.1, 0.15) is 0 Å². The third-order valence-corrected chi connectivity index (χ3v) is 4.57. The van der Waals surface area contributed by atoms with Crippen molar-refractivity contribution < 1.29 is 4.84 Å². The van der Waals surface area contributed by atoms with Crippen LogP contribution in [-0.2, 0) is 4.84 Å². The summed E-state index contributed by atoms with van der Waals surface area (Å²) in [6, 6.07) is 3.86. The molecule has 9 nitrogen and oxygen atoms in total. The Kier molecular flexibility index (Phi) is 7.88. The maximum Gasteiger partial charge on any atom is 0.318 e. The Labute approximate surface area is 172 Å². The van der Waals surface area contributed by atoms with Gasteiger partial charge in [-0.25, -0.2) is 0 Å². The third kappa shape index (κ3) is 6.13. The lowest BCUT2D eigenvalue weighted by atomic mass is 10.1. The van der Waals surface area contributed by atoms with Gasteiger partial charge in [-0.15, -0.1) is 0 Å². The molecule has 0 saturated carbocycles. The van der Waals surface area contributed by atoms with Gasteiger partial charge in [-0.05, 0) is 53.2 Å². The van der Waals surface area contributed by atoms with E-state index in [0.717, 1.165) is 35.6 Å². The van der Waals surface area contributed by atoms with Gasteiger partial charge in [-0.3, -0.25) is 15.3 Å². The number of hydrogen-bond acceptors (Lipinski definition) is 9. The number of hydrogen-bond donors (Lipinski definition) is 2. The second-order valence-electron chi connectivity index (χ2n) is 6.52. The van der Waals surface area contributed by atoms with E-state index >= 15 is 0 Å². The van der Waals surface area contributed by atoms with Gasteiger partial charge < -0.3 is 15.5 Å². The number of allylic oxidation sites excluding steroid dienone is 2. The molecule has 0 aromatic carbocycles. The van der Waals surface area contributed by atoms with Crippen LogP contribution in [0.3, 0.4) is 0 Å². The van der Waals surface area contributed by atoms with Crippen LogP contribution < -0.4 is 11.1 Å². The molecular formula is C20H30N8O. The van der Waals surface area contributed by atoms with Gasteiger partial charge in [-0.2, -0.15) is 9.98 Å². The Morgan fingerprint density at radius 3 is 2.55 bits per heavy atom. The number of rotatable bonds is 7. The number of aromatic nitrogens is 1. The lowest BCUT2D eigenvalue weighted by Gasteiger charge is -2.26. The molecule has 1 aliphatic rings. The molecule has 0 saturated heterocycles. The molecule has 1 aromatic heterocycles. The first-order chi connectivity index (χ1) is 13.8. The van der Waals surface area contributed by atoms with Crippen molar-refractivity contribution in [2.75, 3.05) is 13.1 Å². The van der Waals surface area contributed by atoms with E-state index in [0.29, 0.717) is 11.7 Å². The standard InChI is InChI=1S/C20H30N8O/c1-7-28(8-2)19-24-18(21)25-20(26-19)29-27-15(5)13(3)14(4)23-16(6)17-10-9-11-22-12-17/h9-12,20H,7-8H2,1-6H3,(H3,21,24,25,26)/b14-13+,23-16?,27-15+. The molecule has 1 aromatic rings. The molecule has 0 radical (unpaired) electrons. The van der Waals surface area contributed by atoms with Gasteiger partial charge in [0.2, 0.25) is 11.9 Å². The molecule has 0 fully saturated rings. The van der Waals surface area contributed by atoms with Crippen LogP contribution in [0.5, 0.6) is 0 Å². The predicted octanol–water partition coefficient (Wildman–Crippen LogP) is 2.48. The molecule has 0 aliphatic carbocycles. The number of pyridine rings is 1. The first-order valence-electron chi connectivity index (χ1n) is 9.62. The lowest BCUT2D eigenvalue weighted by Crippen LogP contribution is -2.50.